The standard InChI is InChI=1S/C19H19FN2O2S/c1-13(23)22-10-8-14-12-15(6-7-17(14)22)21-19(24)9-11-25-18-5-3-2-4-16(18)20/h2-7,12H,8-11H2,1H3,(H,21,24). The lowest BCUT2D eigenvalue weighted by Crippen LogP contribution is -2.25. The zero-order valence-corrected chi connectivity index (χ0v) is 14.7. The average molecular weight is 358 g/mol. The molecule has 0 atom stereocenters. The molecule has 0 saturated carbocycles. The third-order valence-corrected chi connectivity index (χ3v) is 5.11. The zero-order chi connectivity index (χ0) is 17.8. The minimum Gasteiger partial charge on any atom is -0.326 e. The smallest absolute Gasteiger partial charge is 0.225 e. The molecule has 0 radical (unpaired) electrons. The van der Waals surface area contributed by atoms with Gasteiger partial charge in [-0.3, -0.25) is 9.59 Å². The highest BCUT2D eigenvalue weighted by molar-refractivity contribution is 7.99. The molecular weight excluding hydrogens is 339 g/mol. The van der Waals surface area contributed by atoms with Crippen molar-refractivity contribution in [1.29, 1.82) is 0 Å². The first-order chi connectivity index (χ1) is 12.0. The Morgan fingerprint density at radius 3 is 2.80 bits per heavy atom. The number of carbonyl (C=O) groups is 2. The van der Waals surface area contributed by atoms with E-state index < -0.39 is 0 Å². The van der Waals surface area contributed by atoms with Crippen LogP contribution in [0, 0.1) is 5.82 Å². The maximum Gasteiger partial charge on any atom is 0.225 e. The Morgan fingerprint density at radius 2 is 2.04 bits per heavy atom. The summed E-state index contributed by atoms with van der Waals surface area (Å²) in [4.78, 5) is 25.9. The lowest BCUT2D eigenvalue weighted by atomic mass is 10.1. The molecule has 25 heavy (non-hydrogen) atoms. The van der Waals surface area contributed by atoms with Crippen LogP contribution in [0.2, 0.25) is 0 Å². The molecule has 0 saturated heterocycles. The highest BCUT2D eigenvalue weighted by Crippen LogP contribution is 2.30. The fourth-order valence-electron chi connectivity index (χ4n) is 2.85. The summed E-state index contributed by atoms with van der Waals surface area (Å²) in [5, 5.41) is 2.87. The molecule has 1 aliphatic rings. The summed E-state index contributed by atoms with van der Waals surface area (Å²) in [5.41, 5.74) is 2.71. The summed E-state index contributed by atoms with van der Waals surface area (Å²) >= 11 is 1.33. The van der Waals surface area contributed by atoms with Gasteiger partial charge in [-0.15, -0.1) is 11.8 Å². The van der Waals surface area contributed by atoms with Crippen molar-refractivity contribution in [1.82, 2.24) is 0 Å². The number of rotatable bonds is 5. The summed E-state index contributed by atoms with van der Waals surface area (Å²) in [7, 11) is 0. The minimum atomic E-state index is -0.262. The minimum absolute atomic E-state index is 0.0284. The highest BCUT2D eigenvalue weighted by Gasteiger charge is 2.22. The van der Waals surface area contributed by atoms with E-state index in [9.17, 15) is 14.0 Å². The molecule has 1 heterocycles. The Balaban J connectivity index is 1.54. The number of nitrogens with one attached hydrogen (secondary N) is 1. The van der Waals surface area contributed by atoms with Crippen LogP contribution in [0.4, 0.5) is 15.8 Å². The van der Waals surface area contributed by atoms with Crippen LogP contribution in [-0.2, 0) is 16.0 Å². The average Bonchev–Trinajstić information content (AvgIpc) is 3.00. The van der Waals surface area contributed by atoms with Crippen molar-refractivity contribution in [3.63, 3.8) is 0 Å². The first-order valence-corrected chi connectivity index (χ1v) is 9.11. The van der Waals surface area contributed by atoms with Gasteiger partial charge in [0.25, 0.3) is 0 Å². The van der Waals surface area contributed by atoms with Crippen molar-refractivity contribution in [2.75, 3.05) is 22.5 Å². The lowest BCUT2D eigenvalue weighted by molar-refractivity contribution is -0.117. The fourth-order valence-corrected chi connectivity index (χ4v) is 3.73. The Kier molecular flexibility index (Phi) is 5.38. The quantitative estimate of drug-likeness (QED) is 0.826. The third kappa shape index (κ3) is 4.20. The molecule has 0 aliphatic carbocycles. The van der Waals surface area contributed by atoms with Crippen LogP contribution in [-0.4, -0.2) is 24.1 Å². The summed E-state index contributed by atoms with van der Waals surface area (Å²) in [6.07, 6.45) is 1.09. The SMILES string of the molecule is CC(=O)N1CCc2cc(NC(=O)CCSc3ccccc3F)ccc21. The number of thioether (sulfide) groups is 1. The van der Waals surface area contributed by atoms with Gasteiger partial charge >= 0.3 is 0 Å². The van der Waals surface area contributed by atoms with E-state index >= 15 is 0 Å². The van der Waals surface area contributed by atoms with Crippen LogP contribution >= 0.6 is 11.8 Å². The van der Waals surface area contributed by atoms with Crippen LogP contribution in [0.3, 0.4) is 0 Å². The molecule has 2 aromatic carbocycles. The normalized spacial score (nSPS) is 12.8. The van der Waals surface area contributed by atoms with Crippen molar-refractivity contribution in [2.45, 2.75) is 24.7 Å². The molecule has 0 aromatic heterocycles. The van der Waals surface area contributed by atoms with Crippen molar-refractivity contribution >= 4 is 35.0 Å². The molecule has 0 spiro atoms. The number of nitrogens with zero attached hydrogens (tertiary/aromatic N) is 1. The van der Waals surface area contributed by atoms with Crippen molar-refractivity contribution in [2.24, 2.45) is 0 Å². The molecule has 0 unspecified atom stereocenters. The van der Waals surface area contributed by atoms with Gasteiger partial charge in [-0.05, 0) is 42.3 Å². The largest absolute Gasteiger partial charge is 0.326 e. The number of halogens is 1. The van der Waals surface area contributed by atoms with E-state index in [-0.39, 0.29) is 17.6 Å². The van der Waals surface area contributed by atoms with Crippen LogP contribution < -0.4 is 10.2 Å². The van der Waals surface area contributed by atoms with Crippen LogP contribution in [0.15, 0.2) is 47.4 Å². The predicted molar refractivity (Wildman–Crippen MR) is 98.5 cm³/mol. The topological polar surface area (TPSA) is 49.4 Å². The molecule has 3 rings (SSSR count). The van der Waals surface area contributed by atoms with Crippen molar-refractivity contribution in [3.8, 4) is 0 Å². The molecule has 2 amide bonds. The number of hydrogen-bond acceptors (Lipinski definition) is 3. The second-order valence-corrected chi connectivity index (χ2v) is 6.98. The van der Waals surface area contributed by atoms with E-state index in [1.54, 1.807) is 30.0 Å². The van der Waals surface area contributed by atoms with Gasteiger partial charge in [0.2, 0.25) is 11.8 Å². The van der Waals surface area contributed by atoms with Gasteiger partial charge in [-0.25, -0.2) is 4.39 Å². The second-order valence-electron chi connectivity index (χ2n) is 5.84. The molecule has 6 heteroatoms. The third-order valence-electron chi connectivity index (χ3n) is 4.06. The Labute approximate surface area is 150 Å². The number of fused-ring (bicyclic) bond motifs is 1. The number of amides is 2. The number of anilines is 2. The molecule has 2 aromatic rings. The monoisotopic (exact) mass is 358 g/mol. The Morgan fingerprint density at radius 1 is 1.24 bits per heavy atom. The molecular formula is C19H19FN2O2S. The first-order valence-electron chi connectivity index (χ1n) is 8.13. The van der Waals surface area contributed by atoms with Crippen molar-refractivity contribution < 1.29 is 14.0 Å². The van der Waals surface area contributed by atoms with Gasteiger partial charge in [0.15, 0.2) is 0 Å². The van der Waals surface area contributed by atoms with Crippen LogP contribution in [0.1, 0.15) is 18.9 Å². The maximum absolute atomic E-state index is 13.5. The van der Waals surface area contributed by atoms with E-state index in [2.05, 4.69) is 5.32 Å². The van der Waals surface area contributed by atoms with Crippen molar-refractivity contribution in [3.05, 3.63) is 53.8 Å². The van der Waals surface area contributed by atoms with Gasteiger partial charge in [-0.2, -0.15) is 0 Å². The van der Waals surface area contributed by atoms with E-state index in [4.69, 9.17) is 0 Å². The van der Waals surface area contributed by atoms with Gasteiger partial charge in [0.1, 0.15) is 5.82 Å². The summed E-state index contributed by atoms with van der Waals surface area (Å²) < 4.78 is 13.5. The molecule has 0 fully saturated rings. The van der Waals surface area contributed by atoms with Gasteiger partial charge < -0.3 is 10.2 Å². The predicted octanol–water partition coefficient (Wildman–Crippen LogP) is 3.86. The number of hydrogen-bond donors (Lipinski definition) is 1. The van der Waals surface area contributed by atoms with Gasteiger partial charge in [-0.1, -0.05) is 12.1 Å². The summed E-state index contributed by atoms with van der Waals surface area (Å²) in [6, 6.07) is 12.1. The maximum atomic E-state index is 13.5. The second kappa shape index (κ2) is 7.70. The molecule has 1 N–H and O–H groups in total. The molecule has 130 valence electrons. The Bertz CT molecular complexity index is 810. The Hall–Kier alpha value is -2.34. The van der Waals surface area contributed by atoms with Crippen LogP contribution in [0.25, 0.3) is 0 Å². The van der Waals surface area contributed by atoms with E-state index in [1.807, 2.05) is 18.2 Å². The van der Waals surface area contributed by atoms with Gasteiger partial charge in [0, 0.05) is 41.9 Å². The van der Waals surface area contributed by atoms with E-state index in [1.165, 1.54) is 17.8 Å². The highest BCUT2D eigenvalue weighted by atomic mass is 32.2. The fraction of sp³-hybridized carbons (Fsp3) is 0.263. The number of benzene rings is 2. The van der Waals surface area contributed by atoms with Crippen LogP contribution in [0.5, 0.6) is 0 Å². The van der Waals surface area contributed by atoms with E-state index in [0.717, 1.165) is 23.4 Å². The molecule has 0 bridgehead atoms. The van der Waals surface area contributed by atoms with E-state index in [0.29, 0.717) is 23.6 Å². The first kappa shape index (κ1) is 17.5. The van der Waals surface area contributed by atoms with Gasteiger partial charge in [0.05, 0.1) is 0 Å². The lowest BCUT2D eigenvalue weighted by Gasteiger charge is -2.15. The molecule has 1 aliphatic heterocycles. The zero-order valence-electron chi connectivity index (χ0n) is 13.9. The summed E-state index contributed by atoms with van der Waals surface area (Å²) in [6.45, 7) is 2.24. The number of carbonyl (C=O) groups excluding carboxylic acids is 2. The molecule has 4 nitrogen and oxygen atoms in total. The summed E-state index contributed by atoms with van der Waals surface area (Å²) in [5.74, 6) is 0.169.